The summed E-state index contributed by atoms with van der Waals surface area (Å²) in [5, 5.41) is 16.5. The molecule has 3 fully saturated rings. The molecular formula is C34H52N2O9. The van der Waals surface area contributed by atoms with Crippen LogP contribution in [0.3, 0.4) is 0 Å². The molecule has 11 heteroatoms. The molecule has 0 aromatic rings. The van der Waals surface area contributed by atoms with Crippen molar-refractivity contribution in [2.75, 3.05) is 13.7 Å². The standard InChI is InChI=1S/C34H52N2O9/c1-21(11-14-29-22(2)17-28(24(4)44-29)36-32(40)16-13-23(3)43-25(5)37)12-15-30-33(41)34(20-42-34)19-27(45-30)18-26(38)9-7-8-10-31(39)35-6/h11-13,15-16,22-24,27-30,33,41H,7-10,14,17-20H2,1-6H3,(H,35,39)(H,36,40)/b15-12+,16-13-,21-11+/t22-,23-,24+,27+,28+,29-,30+,33+,34+/m0/s1. The minimum atomic E-state index is -0.810. The second-order valence-corrected chi connectivity index (χ2v) is 12.8. The van der Waals surface area contributed by atoms with Crippen LogP contribution in [-0.2, 0) is 38.1 Å². The molecule has 0 aromatic carbocycles. The molecule has 3 aliphatic rings. The average Bonchev–Trinajstić information content (AvgIpc) is 3.75. The van der Waals surface area contributed by atoms with E-state index in [1.165, 1.54) is 13.0 Å². The summed E-state index contributed by atoms with van der Waals surface area (Å²) in [6.07, 6.45) is 10.7. The number of aliphatic hydroxyl groups is 1. The fourth-order valence-corrected chi connectivity index (χ4v) is 5.98. The lowest BCUT2D eigenvalue weighted by Crippen LogP contribution is -2.50. The smallest absolute Gasteiger partial charge is 0.303 e. The third kappa shape index (κ3) is 11.8. The molecule has 252 valence electrons. The van der Waals surface area contributed by atoms with E-state index >= 15 is 0 Å². The van der Waals surface area contributed by atoms with E-state index in [1.54, 1.807) is 20.0 Å². The highest BCUT2D eigenvalue weighted by Crippen LogP contribution is 2.43. The van der Waals surface area contributed by atoms with Crippen molar-refractivity contribution in [1.82, 2.24) is 10.6 Å². The van der Waals surface area contributed by atoms with Crippen molar-refractivity contribution in [3.05, 3.63) is 36.0 Å². The SMILES string of the molecule is CNC(=O)CCCCC(=O)C[C@@H]1C[C@@]2(CO2)[C@H](O)[C@@H](/C=C/C(C)=C/C[C@@H]2O[C@H](C)[C@H](NC(=O)/C=C\[C@H](C)OC(C)=O)C[C@@H]2C)O1. The molecule has 9 atom stereocenters. The van der Waals surface area contributed by atoms with Gasteiger partial charge in [-0.3, -0.25) is 19.2 Å². The van der Waals surface area contributed by atoms with E-state index in [-0.39, 0.29) is 54.3 Å². The minimum absolute atomic E-state index is 0.0116. The van der Waals surface area contributed by atoms with Gasteiger partial charge in [-0.15, -0.1) is 0 Å². The maximum Gasteiger partial charge on any atom is 0.303 e. The maximum absolute atomic E-state index is 12.6. The number of Topliss-reactive ketones (excluding diaryl/α,β-unsaturated/α-hetero) is 1. The van der Waals surface area contributed by atoms with Gasteiger partial charge in [-0.25, -0.2) is 0 Å². The van der Waals surface area contributed by atoms with Gasteiger partial charge in [-0.2, -0.15) is 0 Å². The Morgan fingerprint density at radius 3 is 2.47 bits per heavy atom. The van der Waals surface area contributed by atoms with Gasteiger partial charge in [0.1, 0.15) is 29.7 Å². The van der Waals surface area contributed by atoms with Gasteiger partial charge in [0.05, 0.1) is 31.0 Å². The summed E-state index contributed by atoms with van der Waals surface area (Å²) in [5.74, 6) is -0.381. The topological polar surface area (TPSA) is 153 Å². The third-order valence-electron chi connectivity index (χ3n) is 8.77. The van der Waals surface area contributed by atoms with Gasteiger partial charge in [-0.1, -0.05) is 30.7 Å². The first-order valence-electron chi connectivity index (χ1n) is 16.2. The molecule has 0 aromatic heterocycles. The number of aliphatic hydroxyl groups excluding tert-OH is 1. The first-order chi connectivity index (χ1) is 21.3. The van der Waals surface area contributed by atoms with E-state index in [9.17, 15) is 24.3 Å². The highest BCUT2D eigenvalue weighted by atomic mass is 16.6. The van der Waals surface area contributed by atoms with Crippen LogP contribution in [0, 0.1) is 5.92 Å². The number of esters is 1. The Balaban J connectivity index is 1.47. The number of nitrogens with one attached hydrogen (secondary N) is 2. The second kappa shape index (κ2) is 17.2. The van der Waals surface area contributed by atoms with Gasteiger partial charge >= 0.3 is 5.97 Å². The predicted octanol–water partition coefficient (Wildman–Crippen LogP) is 3.24. The molecule has 0 radical (unpaired) electrons. The van der Waals surface area contributed by atoms with Crippen molar-refractivity contribution in [3.8, 4) is 0 Å². The molecule has 3 N–H and O–H groups in total. The Hall–Kier alpha value is -2.86. The first-order valence-corrected chi connectivity index (χ1v) is 16.2. The van der Waals surface area contributed by atoms with Crippen LogP contribution in [0.5, 0.6) is 0 Å². The predicted molar refractivity (Wildman–Crippen MR) is 168 cm³/mol. The van der Waals surface area contributed by atoms with Crippen molar-refractivity contribution in [1.29, 1.82) is 0 Å². The number of unbranched alkanes of at least 4 members (excludes halogenated alkanes) is 1. The molecule has 0 unspecified atom stereocenters. The summed E-state index contributed by atoms with van der Waals surface area (Å²) >= 11 is 0. The number of rotatable bonds is 15. The Kier molecular flexibility index (Phi) is 14.0. The van der Waals surface area contributed by atoms with Crippen LogP contribution >= 0.6 is 0 Å². The number of carbonyl (C=O) groups is 4. The van der Waals surface area contributed by atoms with Crippen molar-refractivity contribution in [3.63, 3.8) is 0 Å². The fourth-order valence-electron chi connectivity index (χ4n) is 5.98. The van der Waals surface area contributed by atoms with E-state index in [0.717, 1.165) is 12.0 Å². The zero-order valence-corrected chi connectivity index (χ0v) is 27.6. The molecule has 0 saturated carbocycles. The molecule has 0 aliphatic carbocycles. The Morgan fingerprint density at radius 2 is 1.80 bits per heavy atom. The van der Waals surface area contributed by atoms with E-state index in [1.807, 2.05) is 26.0 Å². The summed E-state index contributed by atoms with van der Waals surface area (Å²) in [7, 11) is 1.60. The van der Waals surface area contributed by atoms with Crippen molar-refractivity contribution < 1.29 is 43.2 Å². The van der Waals surface area contributed by atoms with E-state index < -0.39 is 29.9 Å². The monoisotopic (exact) mass is 632 g/mol. The number of allylic oxidation sites excluding steroid dienone is 2. The molecule has 3 heterocycles. The van der Waals surface area contributed by atoms with Crippen LogP contribution in [-0.4, -0.2) is 90.6 Å². The molecule has 2 amide bonds. The number of hydrogen-bond acceptors (Lipinski definition) is 9. The fraction of sp³-hybridized carbons (Fsp3) is 0.706. The number of ether oxygens (including phenoxy) is 4. The summed E-state index contributed by atoms with van der Waals surface area (Å²) < 4.78 is 23.1. The zero-order chi connectivity index (χ0) is 33.1. The number of carbonyl (C=O) groups excluding carboxylic acids is 4. The van der Waals surface area contributed by atoms with Gasteiger partial charge in [-0.05, 0) is 58.4 Å². The van der Waals surface area contributed by atoms with Crippen LogP contribution < -0.4 is 10.6 Å². The zero-order valence-electron chi connectivity index (χ0n) is 27.6. The van der Waals surface area contributed by atoms with Crippen LogP contribution in [0.25, 0.3) is 0 Å². The molecule has 11 nitrogen and oxygen atoms in total. The summed E-state index contributed by atoms with van der Waals surface area (Å²) in [6.45, 7) is 9.52. The lowest BCUT2D eigenvalue weighted by atomic mass is 9.86. The summed E-state index contributed by atoms with van der Waals surface area (Å²) in [6, 6.07) is -0.133. The van der Waals surface area contributed by atoms with Gasteiger partial charge < -0.3 is 34.7 Å². The number of epoxide rings is 1. The lowest BCUT2D eigenvalue weighted by molar-refractivity contribution is -0.144. The molecule has 0 bridgehead atoms. The number of amides is 2. The lowest BCUT2D eigenvalue weighted by Gasteiger charge is -2.39. The molecule has 3 saturated heterocycles. The number of hydrogen-bond donors (Lipinski definition) is 3. The average molecular weight is 633 g/mol. The number of ketones is 1. The summed E-state index contributed by atoms with van der Waals surface area (Å²) in [5.41, 5.74) is 0.343. The van der Waals surface area contributed by atoms with Gasteiger partial charge in [0.15, 0.2) is 0 Å². The largest absolute Gasteiger partial charge is 0.459 e. The van der Waals surface area contributed by atoms with Crippen molar-refractivity contribution in [2.24, 2.45) is 5.92 Å². The first kappa shape index (κ1) is 36.6. The Morgan fingerprint density at radius 1 is 1.09 bits per heavy atom. The quantitative estimate of drug-likeness (QED) is 0.0812. The van der Waals surface area contributed by atoms with E-state index in [2.05, 4.69) is 23.6 Å². The van der Waals surface area contributed by atoms with Crippen LogP contribution in [0.1, 0.15) is 86.0 Å². The van der Waals surface area contributed by atoms with Crippen molar-refractivity contribution >= 4 is 23.6 Å². The molecule has 3 rings (SSSR count). The van der Waals surface area contributed by atoms with Crippen LogP contribution in [0.2, 0.25) is 0 Å². The van der Waals surface area contributed by atoms with Gasteiger partial charge in [0.25, 0.3) is 0 Å². The molecule has 1 spiro atoms. The van der Waals surface area contributed by atoms with E-state index in [0.29, 0.717) is 45.1 Å². The normalized spacial score (nSPS) is 32.4. The second-order valence-electron chi connectivity index (χ2n) is 12.8. The van der Waals surface area contributed by atoms with E-state index in [4.69, 9.17) is 18.9 Å². The van der Waals surface area contributed by atoms with Crippen molar-refractivity contribution in [2.45, 2.75) is 134 Å². The van der Waals surface area contributed by atoms with Crippen LogP contribution in [0.4, 0.5) is 0 Å². The maximum atomic E-state index is 12.6. The highest BCUT2D eigenvalue weighted by Gasteiger charge is 2.58. The Labute approximate surface area is 267 Å². The van der Waals surface area contributed by atoms with Gasteiger partial charge in [0, 0.05) is 45.7 Å². The minimum Gasteiger partial charge on any atom is -0.459 e. The Bertz CT molecular complexity index is 1130. The molecule has 45 heavy (non-hydrogen) atoms. The third-order valence-corrected chi connectivity index (χ3v) is 8.77. The van der Waals surface area contributed by atoms with Crippen LogP contribution in [0.15, 0.2) is 36.0 Å². The molecular weight excluding hydrogens is 580 g/mol. The molecule has 3 aliphatic heterocycles. The van der Waals surface area contributed by atoms with Gasteiger partial charge in [0.2, 0.25) is 11.8 Å². The highest BCUT2D eigenvalue weighted by molar-refractivity contribution is 5.87. The summed E-state index contributed by atoms with van der Waals surface area (Å²) in [4.78, 5) is 47.4.